The van der Waals surface area contributed by atoms with E-state index < -0.39 is 5.97 Å². The molecule has 0 amide bonds. The summed E-state index contributed by atoms with van der Waals surface area (Å²) in [5.41, 5.74) is 3.78. The van der Waals surface area contributed by atoms with Crippen LogP contribution in [-0.2, 0) is 4.79 Å². The van der Waals surface area contributed by atoms with Gasteiger partial charge in [-0.15, -0.1) is 0 Å². The summed E-state index contributed by atoms with van der Waals surface area (Å²) < 4.78 is 0. The Kier molecular flexibility index (Phi) is 2.97. The minimum atomic E-state index is -0.743. The van der Waals surface area contributed by atoms with E-state index in [0.717, 1.165) is 6.54 Å². The Morgan fingerprint density at radius 1 is 1.44 bits per heavy atom. The molecule has 0 radical (unpaired) electrons. The highest BCUT2D eigenvalue weighted by atomic mass is 16.4. The molecule has 16 heavy (non-hydrogen) atoms. The molecule has 1 saturated heterocycles. The summed E-state index contributed by atoms with van der Waals surface area (Å²) in [4.78, 5) is 10.9. The first-order valence-corrected chi connectivity index (χ1v) is 5.61. The van der Waals surface area contributed by atoms with E-state index in [1.54, 1.807) is 0 Å². The van der Waals surface area contributed by atoms with Gasteiger partial charge in [0, 0.05) is 6.54 Å². The number of carboxylic acid groups (broad SMARTS) is 1. The van der Waals surface area contributed by atoms with Gasteiger partial charge in [0.05, 0.1) is 0 Å². The molecule has 2 N–H and O–H groups in total. The van der Waals surface area contributed by atoms with Crippen LogP contribution in [0, 0.1) is 13.8 Å². The van der Waals surface area contributed by atoms with Crippen LogP contribution in [0.5, 0.6) is 0 Å². The molecule has 1 fully saturated rings. The normalized spacial score (nSPS) is 24.6. The maximum atomic E-state index is 10.9. The zero-order valence-corrected chi connectivity index (χ0v) is 9.66. The molecule has 3 nitrogen and oxygen atoms in total. The summed E-state index contributed by atoms with van der Waals surface area (Å²) >= 11 is 0. The van der Waals surface area contributed by atoms with E-state index in [2.05, 4.69) is 37.4 Å². The van der Waals surface area contributed by atoms with E-state index in [9.17, 15) is 4.79 Å². The molecule has 0 bridgehead atoms. The molecule has 0 aliphatic carbocycles. The Morgan fingerprint density at radius 3 is 2.81 bits per heavy atom. The van der Waals surface area contributed by atoms with Crippen LogP contribution in [0.15, 0.2) is 18.2 Å². The predicted octanol–water partition coefficient (Wildman–Crippen LogP) is 1.83. The monoisotopic (exact) mass is 219 g/mol. The fourth-order valence-electron chi connectivity index (χ4n) is 2.36. The van der Waals surface area contributed by atoms with Gasteiger partial charge in [-0.1, -0.05) is 23.8 Å². The maximum Gasteiger partial charge on any atom is 0.320 e. The van der Waals surface area contributed by atoms with Gasteiger partial charge in [0.1, 0.15) is 6.04 Å². The number of hydrogen-bond donors (Lipinski definition) is 2. The summed E-state index contributed by atoms with van der Waals surface area (Å²) in [5.74, 6) is -0.409. The molecule has 0 saturated carbocycles. The SMILES string of the molecule is Cc1ccc(C)c(C2CNC(C(=O)O)C2)c1. The molecule has 1 aliphatic rings. The molecule has 1 aromatic carbocycles. The second kappa shape index (κ2) is 4.26. The minimum absolute atomic E-state index is 0.334. The van der Waals surface area contributed by atoms with Gasteiger partial charge in [-0.2, -0.15) is 0 Å². The molecule has 2 atom stereocenters. The zero-order valence-electron chi connectivity index (χ0n) is 9.66. The summed E-state index contributed by atoms with van der Waals surface area (Å²) in [5, 5.41) is 12.0. The van der Waals surface area contributed by atoms with Crippen LogP contribution in [0.4, 0.5) is 0 Å². The molecule has 2 unspecified atom stereocenters. The van der Waals surface area contributed by atoms with E-state index in [1.165, 1.54) is 16.7 Å². The van der Waals surface area contributed by atoms with E-state index in [-0.39, 0.29) is 6.04 Å². The number of hydrogen-bond acceptors (Lipinski definition) is 2. The lowest BCUT2D eigenvalue weighted by Crippen LogP contribution is -2.29. The van der Waals surface area contributed by atoms with Crippen molar-refractivity contribution in [3.8, 4) is 0 Å². The van der Waals surface area contributed by atoms with Gasteiger partial charge in [-0.05, 0) is 37.3 Å². The number of aryl methyl sites for hydroxylation is 2. The third-order valence-corrected chi connectivity index (χ3v) is 3.30. The number of rotatable bonds is 2. The second-order valence-electron chi connectivity index (χ2n) is 4.59. The third-order valence-electron chi connectivity index (χ3n) is 3.30. The van der Waals surface area contributed by atoms with Gasteiger partial charge >= 0.3 is 5.97 Å². The maximum absolute atomic E-state index is 10.9. The molecule has 2 rings (SSSR count). The standard InChI is InChI=1S/C13H17NO2/c1-8-3-4-9(2)11(5-8)10-6-12(13(15)16)14-7-10/h3-5,10,12,14H,6-7H2,1-2H3,(H,15,16). The van der Waals surface area contributed by atoms with Crippen LogP contribution in [0.1, 0.15) is 29.0 Å². The van der Waals surface area contributed by atoms with Gasteiger partial charge < -0.3 is 10.4 Å². The number of benzene rings is 1. The van der Waals surface area contributed by atoms with Gasteiger partial charge in [-0.25, -0.2) is 0 Å². The van der Waals surface area contributed by atoms with Crippen molar-refractivity contribution >= 4 is 5.97 Å². The second-order valence-corrected chi connectivity index (χ2v) is 4.59. The Labute approximate surface area is 95.5 Å². The van der Waals surface area contributed by atoms with Crippen molar-refractivity contribution in [2.45, 2.75) is 32.2 Å². The zero-order chi connectivity index (χ0) is 11.7. The quantitative estimate of drug-likeness (QED) is 0.798. The predicted molar refractivity (Wildman–Crippen MR) is 62.7 cm³/mol. The molecule has 86 valence electrons. The molecule has 1 heterocycles. The van der Waals surface area contributed by atoms with Gasteiger partial charge in [-0.3, -0.25) is 4.79 Å². The first-order valence-electron chi connectivity index (χ1n) is 5.61. The third kappa shape index (κ3) is 2.09. The number of carboxylic acids is 1. The molecule has 1 aromatic rings. The topological polar surface area (TPSA) is 49.3 Å². The van der Waals surface area contributed by atoms with Crippen LogP contribution < -0.4 is 5.32 Å². The van der Waals surface area contributed by atoms with Crippen molar-refractivity contribution in [2.24, 2.45) is 0 Å². The Balaban J connectivity index is 2.20. The first kappa shape index (κ1) is 11.1. The van der Waals surface area contributed by atoms with Crippen LogP contribution in [0.3, 0.4) is 0 Å². The Morgan fingerprint density at radius 2 is 2.19 bits per heavy atom. The van der Waals surface area contributed by atoms with Crippen molar-refractivity contribution in [3.05, 3.63) is 34.9 Å². The fraction of sp³-hybridized carbons (Fsp3) is 0.462. The van der Waals surface area contributed by atoms with Crippen molar-refractivity contribution in [3.63, 3.8) is 0 Å². The van der Waals surface area contributed by atoms with Crippen molar-refractivity contribution in [1.29, 1.82) is 0 Å². The van der Waals surface area contributed by atoms with Crippen LogP contribution in [0.25, 0.3) is 0 Å². The van der Waals surface area contributed by atoms with Crippen molar-refractivity contribution < 1.29 is 9.90 Å². The van der Waals surface area contributed by atoms with Crippen LogP contribution in [0.2, 0.25) is 0 Å². The largest absolute Gasteiger partial charge is 0.480 e. The van der Waals surface area contributed by atoms with Gasteiger partial charge in [0.15, 0.2) is 0 Å². The highest BCUT2D eigenvalue weighted by molar-refractivity contribution is 5.74. The highest BCUT2D eigenvalue weighted by Crippen LogP contribution is 2.28. The fourth-order valence-corrected chi connectivity index (χ4v) is 2.36. The summed E-state index contributed by atoms with van der Waals surface area (Å²) in [6.07, 6.45) is 0.694. The average Bonchev–Trinajstić information content (AvgIpc) is 2.70. The van der Waals surface area contributed by atoms with Crippen LogP contribution >= 0.6 is 0 Å². The highest BCUT2D eigenvalue weighted by Gasteiger charge is 2.30. The Bertz CT molecular complexity index is 414. The van der Waals surface area contributed by atoms with E-state index in [0.29, 0.717) is 12.3 Å². The number of aliphatic carboxylic acids is 1. The molecule has 1 aliphatic heterocycles. The summed E-state index contributed by atoms with van der Waals surface area (Å²) in [7, 11) is 0. The minimum Gasteiger partial charge on any atom is -0.480 e. The number of carbonyl (C=O) groups is 1. The molecule has 0 aromatic heterocycles. The van der Waals surface area contributed by atoms with E-state index in [1.807, 2.05) is 0 Å². The number of nitrogens with one attached hydrogen (secondary N) is 1. The lowest BCUT2D eigenvalue weighted by molar-refractivity contribution is -0.139. The first-order chi connectivity index (χ1) is 7.58. The van der Waals surface area contributed by atoms with Crippen LogP contribution in [-0.4, -0.2) is 23.7 Å². The Hall–Kier alpha value is -1.35. The van der Waals surface area contributed by atoms with E-state index in [4.69, 9.17) is 5.11 Å². The molecule has 0 spiro atoms. The molecular weight excluding hydrogens is 202 g/mol. The van der Waals surface area contributed by atoms with Gasteiger partial charge in [0.25, 0.3) is 0 Å². The van der Waals surface area contributed by atoms with Gasteiger partial charge in [0.2, 0.25) is 0 Å². The molecular formula is C13H17NO2. The lowest BCUT2D eigenvalue weighted by atomic mass is 9.91. The summed E-state index contributed by atoms with van der Waals surface area (Å²) in [6, 6.07) is 5.99. The molecule has 3 heteroatoms. The average molecular weight is 219 g/mol. The van der Waals surface area contributed by atoms with Crippen molar-refractivity contribution in [1.82, 2.24) is 5.32 Å². The van der Waals surface area contributed by atoms with E-state index >= 15 is 0 Å². The smallest absolute Gasteiger partial charge is 0.320 e. The lowest BCUT2D eigenvalue weighted by Gasteiger charge is -2.13. The van der Waals surface area contributed by atoms with Crippen molar-refractivity contribution in [2.75, 3.05) is 6.54 Å². The summed E-state index contributed by atoms with van der Waals surface area (Å²) in [6.45, 7) is 4.92.